The van der Waals surface area contributed by atoms with Crippen molar-refractivity contribution in [2.75, 3.05) is 13.1 Å². The zero-order valence-electron chi connectivity index (χ0n) is 12.5. The summed E-state index contributed by atoms with van der Waals surface area (Å²) >= 11 is 0. The lowest BCUT2D eigenvalue weighted by atomic mass is 10.0. The molecule has 0 bridgehead atoms. The Bertz CT molecular complexity index is 480. The Balaban J connectivity index is 1.78. The van der Waals surface area contributed by atoms with Gasteiger partial charge in [0.2, 0.25) is 5.91 Å². The van der Waals surface area contributed by atoms with Crippen LogP contribution in [0.25, 0.3) is 0 Å². The summed E-state index contributed by atoms with van der Waals surface area (Å²) in [5.41, 5.74) is 0. The molecule has 1 saturated heterocycles. The van der Waals surface area contributed by atoms with E-state index >= 15 is 0 Å². The van der Waals surface area contributed by atoms with Gasteiger partial charge in [0.25, 0.3) is 0 Å². The lowest BCUT2D eigenvalue weighted by Crippen LogP contribution is -2.48. The topological polar surface area (TPSA) is 58.6 Å². The SMILES string of the molecule is CC(C)C(=O)NC1CCN(C(=O)Oc2ccccc2)CC1. The summed E-state index contributed by atoms with van der Waals surface area (Å²) < 4.78 is 5.31. The van der Waals surface area contributed by atoms with Gasteiger partial charge in [-0.15, -0.1) is 0 Å². The van der Waals surface area contributed by atoms with E-state index in [4.69, 9.17) is 4.74 Å². The fourth-order valence-electron chi connectivity index (χ4n) is 2.23. The highest BCUT2D eigenvalue weighted by molar-refractivity contribution is 5.78. The summed E-state index contributed by atoms with van der Waals surface area (Å²) in [5.74, 6) is 0.615. The first-order valence-corrected chi connectivity index (χ1v) is 7.38. The molecule has 1 N–H and O–H groups in total. The minimum Gasteiger partial charge on any atom is -0.410 e. The summed E-state index contributed by atoms with van der Waals surface area (Å²) in [6, 6.07) is 9.20. The van der Waals surface area contributed by atoms with E-state index in [1.165, 1.54) is 0 Å². The van der Waals surface area contributed by atoms with Gasteiger partial charge in [-0.25, -0.2) is 4.79 Å². The van der Waals surface area contributed by atoms with Gasteiger partial charge >= 0.3 is 6.09 Å². The molecule has 114 valence electrons. The Kier molecular flexibility index (Phi) is 5.20. The Hall–Kier alpha value is -2.04. The molecule has 5 heteroatoms. The molecule has 0 saturated carbocycles. The zero-order valence-corrected chi connectivity index (χ0v) is 12.5. The molecule has 2 amide bonds. The van der Waals surface area contributed by atoms with Gasteiger partial charge in [0, 0.05) is 25.0 Å². The lowest BCUT2D eigenvalue weighted by Gasteiger charge is -2.32. The molecule has 5 nitrogen and oxygen atoms in total. The largest absolute Gasteiger partial charge is 0.415 e. The Morgan fingerprint density at radius 2 is 1.81 bits per heavy atom. The summed E-state index contributed by atoms with van der Waals surface area (Å²) in [5, 5.41) is 3.01. The van der Waals surface area contributed by atoms with Crippen molar-refractivity contribution < 1.29 is 14.3 Å². The van der Waals surface area contributed by atoms with Crippen LogP contribution in [0, 0.1) is 5.92 Å². The number of amides is 2. The van der Waals surface area contributed by atoms with Crippen LogP contribution in [0.3, 0.4) is 0 Å². The Labute approximate surface area is 125 Å². The van der Waals surface area contributed by atoms with E-state index in [0.29, 0.717) is 18.8 Å². The van der Waals surface area contributed by atoms with Crippen molar-refractivity contribution in [1.29, 1.82) is 0 Å². The first kappa shape index (κ1) is 15.4. The van der Waals surface area contributed by atoms with Crippen LogP contribution in [0.5, 0.6) is 5.75 Å². The van der Waals surface area contributed by atoms with Crippen LogP contribution in [0.2, 0.25) is 0 Å². The van der Waals surface area contributed by atoms with Gasteiger partial charge in [-0.05, 0) is 25.0 Å². The normalized spacial score (nSPS) is 15.9. The van der Waals surface area contributed by atoms with Crippen LogP contribution in [0.1, 0.15) is 26.7 Å². The molecule has 1 aromatic rings. The molecule has 1 heterocycles. The summed E-state index contributed by atoms with van der Waals surface area (Å²) in [7, 11) is 0. The number of nitrogens with one attached hydrogen (secondary N) is 1. The number of nitrogens with zero attached hydrogens (tertiary/aromatic N) is 1. The highest BCUT2D eigenvalue weighted by Crippen LogP contribution is 2.15. The summed E-state index contributed by atoms with van der Waals surface area (Å²) in [6.45, 7) is 4.97. The smallest absolute Gasteiger partial charge is 0.410 e. The fraction of sp³-hybridized carbons (Fsp3) is 0.500. The fourth-order valence-corrected chi connectivity index (χ4v) is 2.23. The predicted molar refractivity (Wildman–Crippen MR) is 80.0 cm³/mol. The predicted octanol–water partition coefficient (Wildman–Crippen LogP) is 2.42. The maximum absolute atomic E-state index is 12.0. The van der Waals surface area contributed by atoms with Gasteiger partial charge in [0.15, 0.2) is 0 Å². The number of benzene rings is 1. The van der Waals surface area contributed by atoms with Crippen molar-refractivity contribution >= 4 is 12.0 Å². The lowest BCUT2D eigenvalue weighted by molar-refractivity contribution is -0.124. The first-order chi connectivity index (χ1) is 10.1. The second-order valence-electron chi connectivity index (χ2n) is 5.61. The maximum atomic E-state index is 12.0. The molecule has 0 atom stereocenters. The third-order valence-electron chi connectivity index (χ3n) is 3.57. The molecule has 0 radical (unpaired) electrons. The molecular weight excluding hydrogens is 268 g/mol. The maximum Gasteiger partial charge on any atom is 0.415 e. The molecule has 1 aliphatic heterocycles. The number of rotatable bonds is 3. The number of para-hydroxylation sites is 1. The van der Waals surface area contributed by atoms with Crippen LogP contribution in [-0.4, -0.2) is 36.0 Å². The third-order valence-corrected chi connectivity index (χ3v) is 3.57. The third kappa shape index (κ3) is 4.48. The van der Waals surface area contributed by atoms with Crippen molar-refractivity contribution in [3.05, 3.63) is 30.3 Å². The van der Waals surface area contributed by atoms with Gasteiger partial charge in [-0.1, -0.05) is 32.0 Å². The molecule has 2 rings (SSSR count). The minimum atomic E-state index is -0.324. The van der Waals surface area contributed by atoms with Crippen LogP contribution < -0.4 is 10.1 Å². The molecular formula is C16H22N2O3. The van der Waals surface area contributed by atoms with Crippen LogP contribution >= 0.6 is 0 Å². The second-order valence-corrected chi connectivity index (χ2v) is 5.61. The average molecular weight is 290 g/mol. The molecule has 1 fully saturated rings. The van der Waals surface area contributed by atoms with Crippen molar-refractivity contribution in [3.8, 4) is 5.75 Å². The number of carbonyl (C=O) groups is 2. The van der Waals surface area contributed by atoms with Gasteiger partial charge in [0.05, 0.1) is 0 Å². The highest BCUT2D eigenvalue weighted by Gasteiger charge is 2.25. The number of hydrogen-bond donors (Lipinski definition) is 1. The van der Waals surface area contributed by atoms with Crippen molar-refractivity contribution in [2.24, 2.45) is 5.92 Å². The average Bonchev–Trinajstić information content (AvgIpc) is 2.48. The molecule has 21 heavy (non-hydrogen) atoms. The van der Waals surface area contributed by atoms with Crippen LogP contribution in [-0.2, 0) is 4.79 Å². The van der Waals surface area contributed by atoms with E-state index in [-0.39, 0.29) is 24.0 Å². The van der Waals surface area contributed by atoms with Gasteiger partial charge in [-0.2, -0.15) is 0 Å². The van der Waals surface area contributed by atoms with E-state index in [1.54, 1.807) is 17.0 Å². The van der Waals surface area contributed by atoms with Crippen LogP contribution in [0.15, 0.2) is 30.3 Å². The monoisotopic (exact) mass is 290 g/mol. The van der Waals surface area contributed by atoms with Gasteiger partial charge in [0.1, 0.15) is 5.75 Å². The van der Waals surface area contributed by atoms with Crippen molar-refractivity contribution in [2.45, 2.75) is 32.7 Å². The molecule has 1 aliphatic rings. The van der Waals surface area contributed by atoms with E-state index < -0.39 is 0 Å². The molecule has 0 aromatic heterocycles. The second kappa shape index (κ2) is 7.11. The number of likely N-dealkylation sites (tertiary alicyclic amines) is 1. The number of piperidine rings is 1. The van der Waals surface area contributed by atoms with Crippen molar-refractivity contribution in [3.63, 3.8) is 0 Å². The van der Waals surface area contributed by atoms with E-state index in [1.807, 2.05) is 32.0 Å². The zero-order chi connectivity index (χ0) is 15.2. The molecule has 0 aliphatic carbocycles. The van der Waals surface area contributed by atoms with Gasteiger partial charge in [-0.3, -0.25) is 4.79 Å². The number of hydrogen-bond acceptors (Lipinski definition) is 3. The van der Waals surface area contributed by atoms with E-state index in [2.05, 4.69) is 5.32 Å². The molecule has 1 aromatic carbocycles. The number of carbonyl (C=O) groups excluding carboxylic acids is 2. The van der Waals surface area contributed by atoms with E-state index in [9.17, 15) is 9.59 Å². The first-order valence-electron chi connectivity index (χ1n) is 7.38. The Morgan fingerprint density at radius 3 is 2.38 bits per heavy atom. The van der Waals surface area contributed by atoms with Crippen molar-refractivity contribution in [1.82, 2.24) is 10.2 Å². The minimum absolute atomic E-state index is 0.00826. The summed E-state index contributed by atoms with van der Waals surface area (Å²) in [4.78, 5) is 25.4. The molecule has 0 spiro atoms. The number of ether oxygens (including phenoxy) is 1. The molecule has 0 unspecified atom stereocenters. The van der Waals surface area contributed by atoms with Crippen LogP contribution in [0.4, 0.5) is 4.79 Å². The Morgan fingerprint density at radius 1 is 1.19 bits per heavy atom. The quantitative estimate of drug-likeness (QED) is 0.930. The standard InChI is InChI=1S/C16H22N2O3/c1-12(2)15(19)17-13-8-10-18(11-9-13)16(20)21-14-6-4-3-5-7-14/h3-7,12-13H,8-11H2,1-2H3,(H,17,19). The summed E-state index contributed by atoms with van der Waals surface area (Å²) in [6.07, 6.45) is 1.21. The van der Waals surface area contributed by atoms with E-state index in [0.717, 1.165) is 12.8 Å². The van der Waals surface area contributed by atoms with Gasteiger partial charge < -0.3 is 15.0 Å². The highest BCUT2D eigenvalue weighted by atomic mass is 16.6.